The van der Waals surface area contributed by atoms with Gasteiger partial charge in [0, 0.05) is 17.7 Å². The van der Waals surface area contributed by atoms with E-state index in [4.69, 9.17) is 5.73 Å². The molecule has 1 aliphatic rings. The SMILES string of the molecule is Nc1ccccc1C(=O)CC1CC=CC1. The molecule has 0 radical (unpaired) electrons. The third-order valence-corrected chi connectivity index (χ3v) is 2.84. The van der Waals surface area contributed by atoms with Gasteiger partial charge in [-0.15, -0.1) is 0 Å². The van der Waals surface area contributed by atoms with Crippen LogP contribution in [0.3, 0.4) is 0 Å². The van der Waals surface area contributed by atoms with Crippen LogP contribution in [0, 0.1) is 5.92 Å². The molecular formula is C13H15NO. The highest BCUT2D eigenvalue weighted by molar-refractivity contribution is 6.00. The summed E-state index contributed by atoms with van der Waals surface area (Å²) in [4.78, 5) is 11.9. The summed E-state index contributed by atoms with van der Waals surface area (Å²) >= 11 is 0. The van der Waals surface area contributed by atoms with Crippen LogP contribution in [0.25, 0.3) is 0 Å². The smallest absolute Gasteiger partial charge is 0.165 e. The predicted octanol–water partition coefficient (Wildman–Crippen LogP) is 2.81. The van der Waals surface area contributed by atoms with Gasteiger partial charge in [-0.05, 0) is 30.9 Å². The number of Topliss-reactive ketones (excluding diaryl/α,β-unsaturated/α-hetero) is 1. The molecule has 2 rings (SSSR count). The lowest BCUT2D eigenvalue weighted by Crippen LogP contribution is -2.08. The largest absolute Gasteiger partial charge is 0.398 e. The minimum Gasteiger partial charge on any atom is -0.398 e. The molecule has 0 unspecified atom stereocenters. The van der Waals surface area contributed by atoms with Crippen LogP contribution in [0.2, 0.25) is 0 Å². The highest BCUT2D eigenvalue weighted by Gasteiger charge is 2.17. The molecule has 1 aromatic rings. The Hall–Kier alpha value is -1.57. The second kappa shape index (κ2) is 4.30. The molecule has 1 aliphatic carbocycles. The van der Waals surface area contributed by atoms with Crippen molar-refractivity contribution in [2.45, 2.75) is 19.3 Å². The summed E-state index contributed by atoms with van der Waals surface area (Å²) < 4.78 is 0. The van der Waals surface area contributed by atoms with Crippen molar-refractivity contribution in [1.29, 1.82) is 0 Å². The van der Waals surface area contributed by atoms with E-state index < -0.39 is 0 Å². The zero-order valence-corrected chi connectivity index (χ0v) is 8.65. The summed E-state index contributed by atoms with van der Waals surface area (Å²) in [6.07, 6.45) is 6.96. The number of carbonyl (C=O) groups excluding carboxylic acids is 1. The summed E-state index contributed by atoms with van der Waals surface area (Å²) in [7, 11) is 0. The van der Waals surface area contributed by atoms with Gasteiger partial charge < -0.3 is 5.73 Å². The quantitative estimate of drug-likeness (QED) is 0.464. The maximum Gasteiger partial charge on any atom is 0.165 e. The lowest BCUT2D eigenvalue weighted by Gasteiger charge is -2.09. The monoisotopic (exact) mass is 201 g/mol. The fourth-order valence-electron chi connectivity index (χ4n) is 1.96. The first-order chi connectivity index (χ1) is 7.27. The Morgan fingerprint density at radius 2 is 1.93 bits per heavy atom. The maximum atomic E-state index is 11.9. The van der Waals surface area contributed by atoms with Gasteiger partial charge in [-0.3, -0.25) is 4.79 Å². The van der Waals surface area contributed by atoms with Crippen molar-refractivity contribution in [2.75, 3.05) is 5.73 Å². The van der Waals surface area contributed by atoms with E-state index in [1.807, 2.05) is 12.1 Å². The van der Waals surface area contributed by atoms with Crippen LogP contribution in [0.4, 0.5) is 5.69 Å². The molecule has 0 atom stereocenters. The molecule has 1 aromatic carbocycles. The van der Waals surface area contributed by atoms with Crippen molar-refractivity contribution in [3.8, 4) is 0 Å². The second-order valence-electron chi connectivity index (χ2n) is 4.02. The van der Waals surface area contributed by atoms with E-state index in [0.717, 1.165) is 12.8 Å². The molecular weight excluding hydrogens is 186 g/mol. The molecule has 15 heavy (non-hydrogen) atoms. The summed E-state index contributed by atoms with van der Waals surface area (Å²) in [5, 5.41) is 0. The van der Waals surface area contributed by atoms with Crippen LogP contribution < -0.4 is 5.73 Å². The van der Waals surface area contributed by atoms with E-state index in [1.165, 1.54) is 0 Å². The van der Waals surface area contributed by atoms with Gasteiger partial charge in [-0.1, -0.05) is 24.3 Å². The number of benzene rings is 1. The minimum atomic E-state index is 0.168. The van der Waals surface area contributed by atoms with Crippen LogP contribution in [0.15, 0.2) is 36.4 Å². The zero-order chi connectivity index (χ0) is 10.7. The van der Waals surface area contributed by atoms with E-state index in [2.05, 4.69) is 12.2 Å². The number of para-hydroxylation sites is 1. The summed E-state index contributed by atoms with van der Waals surface area (Å²) in [5.41, 5.74) is 7.02. The summed E-state index contributed by atoms with van der Waals surface area (Å²) in [6.45, 7) is 0. The highest BCUT2D eigenvalue weighted by atomic mass is 16.1. The molecule has 0 fully saturated rings. The number of hydrogen-bond acceptors (Lipinski definition) is 2. The van der Waals surface area contributed by atoms with E-state index >= 15 is 0 Å². The molecule has 0 saturated carbocycles. The van der Waals surface area contributed by atoms with E-state index in [-0.39, 0.29) is 5.78 Å². The normalized spacial score (nSPS) is 15.7. The van der Waals surface area contributed by atoms with Crippen molar-refractivity contribution < 1.29 is 4.79 Å². The van der Waals surface area contributed by atoms with Gasteiger partial charge in [-0.25, -0.2) is 0 Å². The molecule has 0 aliphatic heterocycles. The van der Waals surface area contributed by atoms with Gasteiger partial charge in [0.05, 0.1) is 0 Å². The molecule has 78 valence electrons. The summed E-state index contributed by atoms with van der Waals surface area (Å²) in [5.74, 6) is 0.652. The second-order valence-corrected chi connectivity index (χ2v) is 4.02. The topological polar surface area (TPSA) is 43.1 Å². The van der Waals surface area contributed by atoms with Gasteiger partial charge in [0.25, 0.3) is 0 Å². The Morgan fingerprint density at radius 1 is 1.27 bits per heavy atom. The molecule has 2 heteroatoms. The van der Waals surface area contributed by atoms with Gasteiger partial charge >= 0.3 is 0 Å². The number of nitrogen functional groups attached to an aromatic ring is 1. The van der Waals surface area contributed by atoms with Crippen LogP contribution in [0.1, 0.15) is 29.6 Å². The van der Waals surface area contributed by atoms with Crippen LogP contribution in [-0.2, 0) is 0 Å². The zero-order valence-electron chi connectivity index (χ0n) is 8.65. The first-order valence-electron chi connectivity index (χ1n) is 5.30. The lowest BCUT2D eigenvalue weighted by molar-refractivity contribution is 0.0964. The first kappa shape index (κ1) is 9.97. The van der Waals surface area contributed by atoms with Crippen molar-refractivity contribution in [3.63, 3.8) is 0 Å². The molecule has 2 N–H and O–H groups in total. The van der Waals surface area contributed by atoms with Crippen LogP contribution >= 0.6 is 0 Å². The number of anilines is 1. The summed E-state index contributed by atoms with van der Waals surface area (Å²) in [6, 6.07) is 7.29. The van der Waals surface area contributed by atoms with Crippen molar-refractivity contribution in [3.05, 3.63) is 42.0 Å². The fourth-order valence-corrected chi connectivity index (χ4v) is 1.96. The third kappa shape index (κ3) is 2.27. The van der Waals surface area contributed by atoms with Crippen LogP contribution in [-0.4, -0.2) is 5.78 Å². The molecule has 0 amide bonds. The van der Waals surface area contributed by atoms with Crippen molar-refractivity contribution in [2.24, 2.45) is 5.92 Å². The number of nitrogens with two attached hydrogens (primary N) is 1. The molecule has 0 saturated heterocycles. The number of hydrogen-bond donors (Lipinski definition) is 1. The fraction of sp³-hybridized carbons (Fsp3) is 0.308. The van der Waals surface area contributed by atoms with Gasteiger partial charge in [0.2, 0.25) is 0 Å². The molecule has 0 spiro atoms. The van der Waals surface area contributed by atoms with Gasteiger partial charge in [-0.2, -0.15) is 0 Å². The van der Waals surface area contributed by atoms with Gasteiger partial charge in [0.1, 0.15) is 0 Å². The maximum absolute atomic E-state index is 11.9. The third-order valence-electron chi connectivity index (χ3n) is 2.84. The minimum absolute atomic E-state index is 0.168. The van der Waals surface area contributed by atoms with E-state index in [9.17, 15) is 4.79 Å². The van der Waals surface area contributed by atoms with Gasteiger partial charge in [0.15, 0.2) is 5.78 Å². The Balaban J connectivity index is 2.05. The predicted molar refractivity (Wildman–Crippen MR) is 61.7 cm³/mol. The lowest BCUT2D eigenvalue weighted by atomic mass is 9.96. The first-order valence-corrected chi connectivity index (χ1v) is 5.30. The Kier molecular flexibility index (Phi) is 2.86. The number of ketones is 1. The number of rotatable bonds is 3. The molecule has 0 bridgehead atoms. The van der Waals surface area contributed by atoms with Crippen LogP contribution in [0.5, 0.6) is 0 Å². The average Bonchev–Trinajstić information content (AvgIpc) is 2.71. The highest BCUT2D eigenvalue weighted by Crippen LogP contribution is 2.24. The standard InChI is InChI=1S/C13H15NO/c14-12-8-4-3-7-11(12)13(15)9-10-5-1-2-6-10/h1-4,7-8,10H,5-6,9,14H2. The molecule has 0 heterocycles. The molecule has 0 aromatic heterocycles. The van der Waals surface area contributed by atoms with E-state index in [1.54, 1.807) is 12.1 Å². The average molecular weight is 201 g/mol. The molecule has 2 nitrogen and oxygen atoms in total. The number of carbonyl (C=O) groups is 1. The Morgan fingerprint density at radius 3 is 2.60 bits per heavy atom. The van der Waals surface area contributed by atoms with Crippen molar-refractivity contribution in [1.82, 2.24) is 0 Å². The van der Waals surface area contributed by atoms with Crippen molar-refractivity contribution >= 4 is 11.5 Å². The number of allylic oxidation sites excluding steroid dienone is 2. The van der Waals surface area contributed by atoms with E-state index in [0.29, 0.717) is 23.6 Å². The Bertz CT molecular complexity index is 387. The Labute approximate surface area is 89.8 Å².